The molecule has 0 aromatic carbocycles. The van der Waals surface area contributed by atoms with Crippen molar-refractivity contribution < 1.29 is 19.4 Å². The molecule has 0 heterocycles. The first-order valence-electron chi connectivity index (χ1n) is 10.0. The molecule has 0 fully saturated rings. The topological polar surface area (TPSA) is 63.6 Å². The van der Waals surface area contributed by atoms with Gasteiger partial charge in [-0.3, -0.25) is 4.79 Å². The fraction of sp³-hybridized carbons (Fsp3) is 0.900. The van der Waals surface area contributed by atoms with Crippen molar-refractivity contribution in [2.45, 2.75) is 110 Å². The molecular formula is C20H39NaO4. The van der Waals surface area contributed by atoms with Crippen molar-refractivity contribution in [1.29, 1.82) is 0 Å². The molecule has 0 rings (SSSR count). The second-order valence-corrected chi connectivity index (χ2v) is 6.70. The van der Waals surface area contributed by atoms with Crippen molar-refractivity contribution in [2.75, 3.05) is 6.61 Å². The minimum atomic E-state index is -0.860. The summed E-state index contributed by atoms with van der Waals surface area (Å²) in [5.41, 5.74) is 0. The van der Waals surface area contributed by atoms with Crippen LogP contribution >= 0.6 is 0 Å². The molecule has 0 aliphatic heterocycles. The normalized spacial score (nSPS) is 10.3. The van der Waals surface area contributed by atoms with Crippen molar-refractivity contribution in [3.8, 4) is 0 Å². The van der Waals surface area contributed by atoms with Crippen LogP contribution in [0.1, 0.15) is 110 Å². The van der Waals surface area contributed by atoms with Gasteiger partial charge in [-0.25, -0.2) is 4.79 Å². The van der Waals surface area contributed by atoms with E-state index in [-0.39, 0.29) is 36.0 Å². The minimum absolute atomic E-state index is 0. The maximum absolute atomic E-state index is 11.2. The van der Waals surface area contributed by atoms with E-state index in [1.165, 1.54) is 77.0 Å². The number of esters is 2. The molecule has 0 unspecified atom stereocenters. The molecule has 0 radical (unpaired) electrons. The van der Waals surface area contributed by atoms with Gasteiger partial charge in [-0.15, -0.1) is 0 Å². The van der Waals surface area contributed by atoms with Gasteiger partial charge in [0.05, 0.1) is 0 Å². The predicted octanol–water partition coefficient (Wildman–Crippen LogP) is 4.66. The van der Waals surface area contributed by atoms with Crippen molar-refractivity contribution in [3.63, 3.8) is 0 Å². The molecule has 0 aliphatic rings. The van der Waals surface area contributed by atoms with Crippen LogP contribution in [0.5, 0.6) is 0 Å². The molecule has 0 amide bonds. The van der Waals surface area contributed by atoms with E-state index in [0.717, 1.165) is 19.3 Å². The van der Waals surface area contributed by atoms with Gasteiger partial charge in [0, 0.05) is 6.42 Å². The van der Waals surface area contributed by atoms with Crippen LogP contribution in [-0.4, -0.2) is 53.2 Å². The first-order valence-corrected chi connectivity index (χ1v) is 10.0. The van der Waals surface area contributed by atoms with Crippen molar-refractivity contribution in [3.05, 3.63) is 0 Å². The van der Waals surface area contributed by atoms with E-state index >= 15 is 0 Å². The number of aliphatic hydroxyl groups is 1. The van der Waals surface area contributed by atoms with Gasteiger partial charge in [-0.2, -0.15) is 0 Å². The molecule has 0 bridgehead atoms. The monoisotopic (exact) mass is 366 g/mol. The summed E-state index contributed by atoms with van der Waals surface area (Å²) in [6.45, 7) is 1.53. The van der Waals surface area contributed by atoms with Gasteiger partial charge in [0.25, 0.3) is 0 Å². The Labute approximate surface area is 176 Å². The van der Waals surface area contributed by atoms with Crippen LogP contribution in [0.3, 0.4) is 0 Å². The summed E-state index contributed by atoms with van der Waals surface area (Å²) in [4.78, 5) is 21.9. The average Bonchev–Trinajstić information content (AvgIpc) is 2.58. The van der Waals surface area contributed by atoms with E-state index in [1.54, 1.807) is 0 Å². The Kier molecular flexibility index (Phi) is 24.2. The number of unbranched alkanes of at least 4 members (excludes halogenated alkanes) is 14. The Balaban J connectivity index is 0. The first-order chi connectivity index (χ1) is 11.7. The molecular weight excluding hydrogens is 327 g/mol. The third-order valence-electron chi connectivity index (χ3n) is 4.34. The van der Waals surface area contributed by atoms with Gasteiger partial charge >= 0.3 is 41.5 Å². The van der Waals surface area contributed by atoms with Crippen LogP contribution in [0.15, 0.2) is 0 Å². The third kappa shape index (κ3) is 22.1. The summed E-state index contributed by atoms with van der Waals surface area (Å²) in [5, 5.41) is 8.46. The molecule has 0 saturated carbocycles. The van der Waals surface area contributed by atoms with Crippen LogP contribution in [0.25, 0.3) is 0 Å². The SMILES string of the molecule is CCCCCCCCCCCCCCCCCC(=O)OC(=O)CO.[NaH]. The van der Waals surface area contributed by atoms with Crippen LogP contribution < -0.4 is 0 Å². The van der Waals surface area contributed by atoms with E-state index in [9.17, 15) is 9.59 Å². The molecule has 0 aliphatic carbocycles. The van der Waals surface area contributed by atoms with E-state index < -0.39 is 18.5 Å². The fourth-order valence-corrected chi connectivity index (χ4v) is 2.85. The molecule has 144 valence electrons. The van der Waals surface area contributed by atoms with Crippen molar-refractivity contribution >= 4 is 41.5 Å². The van der Waals surface area contributed by atoms with E-state index in [1.807, 2.05) is 0 Å². The molecule has 0 aromatic rings. The number of aliphatic hydroxyl groups excluding tert-OH is 1. The van der Waals surface area contributed by atoms with E-state index in [0.29, 0.717) is 0 Å². The van der Waals surface area contributed by atoms with Gasteiger partial charge in [0.15, 0.2) is 0 Å². The van der Waals surface area contributed by atoms with E-state index in [4.69, 9.17) is 5.11 Å². The maximum atomic E-state index is 11.2. The molecule has 0 aromatic heterocycles. The number of rotatable bonds is 17. The summed E-state index contributed by atoms with van der Waals surface area (Å²) >= 11 is 0. The molecule has 5 heteroatoms. The Bertz CT molecular complexity index is 308. The number of ether oxygens (including phenoxy) is 1. The summed E-state index contributed by atoms with van der Waals surface area (Å²) in [5.74, 6) is -1.38. The first kappa shape index (κ1) is 27.3. The van der Waals surface area contributed by atoms with Crippen molar-refractivity contribution in [1.82, 2.24) is 0 Å². The molecule has 25 heavy (non-hydrogen) atoms. The molecule has 0 saturated heterocycles. The Morgan fingerprint density at radius 2 is 1.00 bits per heavy atom. The number of hydrogen-bond donors (Lipinski definition) is 1. The second kappa shape index (κ2) is 22.1. The standard InChI is InChI=1S/C20H38O4.Na.H/c1-2-3-4-5-6-7-8-9-10-11-12-13-14-15-16-17-19(22)24-20(23)18-21;;/h21H,2-18H2,1H3;;. The van der Waals surface area contributed by atoms with Crippen LogP contribution in [0, 0.1) is 0 Å². The zero-order valence-electron chi connectivity index (χ0n) is 15.7. The average molecular weight is 367 g/mol. The number of carbonyl (C=O) groups is 2. The van der Waals surface area contributed by atoms with Gasteiger partial charge in [-0.05, 0) is 6.42 Å². The summed E-state index contributed by atoms with van der Waals surface area (Å²) in [6.07, 6.45) is 19.5. The Morgan fingerprint density at radius 3 is 1.36 bits per heavy atom. The zero-order valence-corrected chi connectivity index (χ0v) is 15.7. The number of hydrogen-bond acceptors (Lipinski definition) is 4. The predicted molar refractivity (Wildman–Crippen MR) is 105 cm³/mol. The Hall–Kier alpha value is 0.1000. The van der Waals surface area contributed by atoms with Gasteiger partial charge < -0.3 is 9.84 Å². The van der Waals surface area contributed by atoms with E-state index in [2.05, 4.69) is 11.7 Å². The fourth-order valence-electron chi connectivity index (χ4n) is 2.85. The zero-order chi connectivity index (χ0) is 17.9. The van der Waals surface area contributed by atoms with Gasteiger partial charge in [-0.1, -0.05) is 96.8 Å². The molecule has 1 N–H and O–H groups in total. The Morgan fingerprint density at radius 1 is 0.640 bits per heavy atom. The van der Waals surface area contributed by atoms with Crippen molar-refractivity contribution in [2.24, 2.45) is 0 Å². The van der Waals surface area contributed by atoms with Gasteiger partial charge in [0.2, 0.25) is 0 Å². The molecule has 0 atom stereocenters. The van der Waals surface area contributed by atoms with Crippen LogP contribution in [-0.2, 0) is 14.3 Å². The number of carbonyl (C=O) groups excluding carboxylic acids is 2. The quantitative estimate of drug-likeness (QED) is 0.176. The molecule has 4 nitrogen and oxygen atoms in total. The van der Waals surface area contributed by atoms with Crippen LogP contribution in [0.4, 0.5) is 0 Å². The summed E-state index contributed by atoms with van der Waals surface area (Å²) in [6, 6.07) is 0. The van der Waals surface area contributed by atoms with Crippen LogP contribution in [0.2, 0.25) is 0 Å². The third-order valence-corrected chi connectivity index (χ3v) is 4.34. The second-order valence-electron chi connectivity index (χ2n) is 6.70. The summed E-state index contributed by atoms with van der Waals surface area (Å²) < 4.78 is 4.39. The molecule has 0 spiro atoms. The summed E-state index contributed by atoms with van der Waals surface area (Å²) in [7, 11) is 0. The van der Waals surface area contributed by atoms with Gasteiger partial charge in [0.1, 0.15) is 6.61 Å².